The van der Waals surface area contributed by atoms with Crippen LogP contribution < -0.4 is 10.2 Å². The number of aromatic nitrogens is 1. The number of benzene rings is 1. The summed E-state index contributed by atoms with van der Waals surface area (Å²) in [4.78, 5) is 18.9. The lowest BCUT2D eigenvalue weighted by molar-refractivity contribution is -0.169. The van der Waals surface area contributed by atoms with Gasteiger partial charge in [0.1, 0.15) is 5.82 Å². The third-order valence-electron chi connectivity index (χ3n) is 4.81. The summed E-state index contributed by atoms with van der Waals surface area (Å²) in [7, 11) is 0. The Morgan fingerprint density at radius 3 is 2.50 bits per heavy atom. The van der Waals surface area contributed by atoms with Crippen LogP contribution in [0.25, 0.3) is 0 Å². The number of carbonyl (C=O) groups excluding carboxylic acids is 1. The van der Waals surface area contributed by atoms with Gasteiger partial charge < -0.3 is 19.7 Å². The molecule has 3 heterocycles. The maximum absolute atomic E-state index is 12.3. The third kappa shape index (κ3) is 3.53. The zero-order valence-electron chi connectivity index (χ0n) is 14.3. The maximum atomic E-state index is 12.3. The lowest BCUT2D eigenvalue weighted by Crippen LogP contribution is -2.45. The van der Waals surface area contributed by atoms with Crippen molar-refractivity contribution in [1.82, 2.24) is 4.98 Å². The molecule has 0 radical (unpaired) electrons. The van der Waals surface area contributed by atoms with Crippen LogP contribution in [0.5, 0.6) is 0 Å². The first-order valence-electron chi connectivity index (χ1n) is 8.70. The summed E-state index contributed by atoms with van der Waals surface area (Å²) in [6.45, 7) is 3.07. The largest absolute Gasteiger partial charge is 0.370 e. The molecule has 136 valence electrons. The quantitative estimate of drug-likeness (QED) is 0.894. The van der Waals surface area contributed by atoms with Crippen molar-refractivity contribution in [2.45, 2.75) is 18.6 Å². The summed E-state index contributed by atoms with van der Waals surface area (Å²) in [6, 6.07) is 10.7. The highest BCUT2D eigenvalue weighted by atomic mass is 35.5. The van der Waals surface area contributed by atoms with Crippen LogP contribution in [0, 0.1) is 0 Å². The zero-order valence-corrected chi connectivity index (χ0v) is 15.0. The van der Waals surface area contributed by atoms with Crippen molar-refractivity contribution >= 4 is 29.0 Å². The number of halogens is 1. The van der Waals surface area contributed by atoms with E-state index in [9.17, 15) is 4.79 Å². The molecular formula is C19H20ClN3O3. The van der Waals surface area contributed by atoms with Crippen LogP contribution in [0.15, 0.2) is 42.6 Å². The molecule has 0 aliphatic carbocycles. The van der Waals surface area contributed by atoms with Crippen molar-refractivity contribution in [1.29, 1.82) is 0 Å². The van der Waals surface area contributed by atoms with Crippen molar-refractivity contribution in [3.8, 4) is 0 Å². The van der Waals surface area contributed by atoms with Crippen LogP contribution in [0.2, 0.25) is 5.02 Å². The average molecular weight is 374 g/mol. The monoisotopic (exact) mass is 373 g/mol. The van der Waals surface area contributed by atoms with Gasteiger partial charge in [-0.1, -0.05) is 23.7 Å². The molecule has 2 saturated heterocycles. The molecule has 1 N–H and O–H groups in total. The van der Waals surface area contributed by atoms with Gasteiger partial charge in [-0.05, 0) is 24.3 Å². The van der Waals surface area contributed by atoms with Gasteiger partial charge >= 0.3 is 0 Å². The average Bonchev–Trinajstić information content (AvgIpc) is 3.11. The summed E-state index contributed by atoms with van der Waals surface area (Å²) in [5.41, 5.74) is 1.45. The normalized spacial score (nSPS) is 18.9. The highest BCUT2D eigenvalue weighted by Gasteiger charge is 2.39. The number of rotatable bonds is 3. The van der Waals surface area contributed by atoms with Gasteiger partial charge in [-0.2, -0.15) is 0 Å². The van der Waals surface area contributed by atoms with E-state index in [1.165, 1.54) is 0 Å². The van der Waals surface area contributed by atoms with Gasteiger partial charge in [-0.25, -0.2) is 4.98 Å². The van der Waals surface area contributed by atoms with Crippen LogP contribution in [0.1, 0.15) is 23.2 Å². The molecule has 1 spiro atoms. The van der Waals surface area contributed by atoms with Crippen LogP contribution in [0.3, 0.4) is 0 Å². The lowest BCUT2D eigenvalue weighted by atomic mass is 10.0. The molecule has 6 nitrogen and oxygen atoms in total. The molecule has 0 saturated carbocycles. The number of anilines is 2. The highest BCUT2D eigenvalue weighted by molar-refractivity contribution is 6.34. The van der Waals surface area contributed by atoms with Gasteiger partial charge in [-0.15, -0.1) is 0 Å². The molecule has 0 atom stereocenters. The number of amides is 1. The first kappa shape index (κ1) is 17.3. The Morgan fingerprint density at radius 1 is 1.12 bits per heavy atom. The van der Waals surface area contributed by atoms with E-state index in [2.05, 4.69) is 15.2 Å². The van der Waals surface area contributed by atoms with Gasteiger partial charge in [-0.3, -0.25) is 4.79 Å². The van der Waals surface area contributed by atoms with E-state index in [0.29, 0.717) is 29.6 Å². The summed E-state index contributed by atoms with van der Waals surface area (Å²) in [5, 5.41) is 3.19. The first-order chi connectivity index (χ1) is 12.7. The van der Waals surface area contributed by atoms with Gasteiger partial charge in [0.2, 0.25) is 0 Å². The topological polar surface area (TPSA) is 63.7 Å². The van der Waals surface area contributed by atoms with Crippen LogP contribution in [-0.4, -0.2) is 43.0 Å². The number of nitrogens with zero attached hydrogens (tertiary/aromatic N) is 2. The van der Waals surface area contributed by atoms with E-state index in [4.69, 9.17) is 21.1 Å². The second-order valence-electron chi connectivity index (χ2n) is 6.43. The predicted molar refractivity (Wildman–Crippen MR) is 99.7 cm³/mol. The zero-order chi connectivity index (χ0) is 18.0. The van der Waals surface area contributed by atoms with E-state index < -0.39 is 0 Å². The Kier molecular flexibility index (Phi) is 4.80. The standard InChI is InChI=1S/C19H20ClN3O3/c20-16-4-2-1-3-15(16)18(24)22-17-6-5-14(13-21-17)23-9-7-19(8-10-23)25-11-12-26-19/h1-6,13H,7-12H2,(H,21,22,24). The Hall–Kier alpha value is -2.15. The van der Waals surface area contributed by atoms with Gasteiger partial charge in [0, 0.05) is 25.9 Å². The van der Waals surface area contributed by atoms with Crippen molar-refractivity contribution in [3.63, 3.8) is 0 Å². The molecule has 1 aromatic heterocycles. The second-order valence-corrected chi connectivity index (χ2v) is 6.84. The number of piperidine rings is 1. The number of hydrogen-bond acceptors (Lipinski definition) is 5. The minimum atomic E-state index is -0.382. The summed E-state index contributed by atoms with van der Waals surface area (Å²) < 4.78 is 11.5. The summed E-state index contributed by atoms with van der Waals surface area (Å²) in [6.07, 6.45) is 3.46. The smallest absolute Gasteiger partial charge is 0.258 e. The van der Waals surface area contributed by atoms with Crippen molar-refractivity contribution in [2.24, 2.45) is 0 Å². The number of pyridine rings is 1. The Balaban J connectivity index is 1.38. The van der Waals surface area contributed by atoms with E-state index >= 15 is 0 Å². The van der Waals surface area contributed by atoms with Crippen molar-refractivity contribution in [2.75, 3.05) is 36.5 Å². The number of nitrogens with one attached hydrogen (secondary N) is 1. The van der Waals surface area contributed by atoms with Crippen LogP contribution in [0.4, 0.5) is 11.5 Å². The summed E-state index contributed by atoms with van der Waals surface area (Å²) >= 11 is 6.06. The van der Waals surface area contributed by atoms with Crippen LogP contribution in [-0.2, 0) is 9.47 Å². The van der Waals surface area contributed by atoms with E-state index in [1.807, 2.05) is 6.07 Å². The molecule has 26 heavy (non-hydrogen) atoms. The molecule has 1 aromatic carbocycles. The number of ether oxygens (including phenoxy) is 2. The number of carbonyl (C=O) groups is 1. The Labute approximate surface area is 157 Å². The van der Waals surface area contributed by atoms with Crippen molar-refractivity contribution in [3.05, 3.63) is 53.2 Å². The van der Waals surface area contributed by atoms with Crippen molar-refractivity contribution < 1.29 is 14.3 Å². The van der Waals surface area contributed by atoms with Gasteiger partial charge in [0.25, 0.3) is 5.91 Å². The van der Waals surface area contributed by atoms with E-state index in [-0.39, 0.29) is 11.7 Å². The Morgan fingerprint density at radius 2 is 1.85 bits per heavy atom. The number of hydrogen-bond donors (Lipinski definition) is 1. The molecule has 7 heteroatoms. The van der Waals surface area contributed by atoms with E-state index in [0.717, 1.165) is 31.6 Å². The second kappa shape index (κ2) is 7.23. The van der Waals surface area contributed by atoms with Gasteiger partial charge in [0.05, 0.1) is 35.7 Å². The fourth-order valence-electron chi connectivity index (χ4n) is 3.37. The lowest BCUT2D eigenvalue weighted by Gasteiger charge is -2.38. The minimum absolute atomic E-state index is 0.272. The van der Waals surface area contributed by atoms with Gasteiger partial charge in [0.15, 0.2) is 5.79 Å². The fraction of sp³-hybridized carbons (Fsp3) is 0.368. The third-order valence-corrected chi connectivity index (χ3v) is 5.14. The molecule has 0 bridgehead atoms. The Bertz CT molecular complexity index is 781. The molecule has 2 aliphatic heterocycles. The fourth-order valence-corrected chi connectivity index (χ4v) is 3.59. The molecule has 0 unspecified atom stereocenters. The molecule has 4 rings (SSSR count). The van der Waals surface area contributed by atoms with Crippen LogP contribution >= 0.6 is 11.6 Å². The minimum Gasteiger partial charge on any atom is -0.370 e. The first-order valence-corrected chi connectivity index (χ1v) is 9.08. The molecule has 2 fully saturated rings. The van der Waals surface area contributed by atoms with E-state index in [1.54, 1.807) is 36.5 Å². The molecule has 2 aromatic rings. The summed E-state index contributed by atoms with van der Waals surface area (Å²) in [5.74, 6) is -0.159. The molecule has 1 amide bonds. The predicted octanol–water partition coefficient (Wildman–Crippen LogP) is 3.33. The molecular weight excluding hydrogens is 354 g/mol. The molecule has 2 aliphatic rings. The maximum Gasteiger partial charge on any atom is 0.258 e. The SMILES string of the molecule is O=C(Nc1ccc(N2CCC3(CC2)OCCO3)cn1)c1ccccc1Cl. The highest BCUT2D eigenvalue weighted by Crippen LogP contribution is 2.33.